The van der Waals surface area contributed by atoms with Crippen molar-refractivity contribution < 1.29 is 19.5 Å². The van der Waals surface area contributed by atoms with Crippen LogP contribution >= 0.6 is 0 Å². The Bertz CT molecular complexity index is 771. The molecule has 1 atom stereocenters. The molecule has 0 fully saturated rings. The molecule has 0 aliphatic heterocycles. The van der Waals surface area contributed by atoms with Gasteiger partial charge in [0.25, 0.3) is 5.91 Å². The lowest BCUT2D eigenvalue weighted by atomic mass is 9.88. The Morgan fingerprint density at radius 2 is 1.65 bits per heavy atom. The van der Waals surface area contributed by atoms with Crippen molar-refractivity contribution in [2.24, 2.45) is 5.41 Å². The number of H-pyrrole nitrogens is 1. The second kappa shape index (κ2) is 7.99. The van der Waals surface area contributed by atoms with Gasteiger partial charge < -0.3 is 15.4 Å². The third-order valence-corrected chi connectivity index (χ3v) is 4.06. The summed E-state index contributed by atoms with van der Waals surface area (Å²) in [6.07, 6.45) is 4.30. The summed E-state index contributed by atoms with van der Waals surface area (Å²) in [7, 11) is 0. The van der Waals surface area contributed by atoms with Crippen LogP contribution < -0.4 is 5.32 Å². The number of aromatic nitrogens is 1. The van der Waals surface area contributed by atoms with Crippen LogP contribution in [0.1, 0.15) is 59.9 Å². The van der Waals surface area contributed by atoms with Gasteiger partial charge in [0.1, 0.15) is 6.04 Å². The normalized spacial score (nSPS) is 12.4. The van der Waals surface area contributed by atoms with E-state index in [2.05, 4.69) is 10.3 Å². The molecule has 0 aliphatic rings. The van der Waals surface area contributed by atoms with Crippen LogP contribution in [0.5, 0.6) is 0 Å². The van der Waals surface area contributed by atoms with E-state index in [0.717, 1.165) is 0 Å². The van der Waals surface area contributed by atoms with Crippen molar-refractivity contribution in [3.8, 4) is 0 Å². The van der Waals surface area contributed by atoms with Gasteiger partial charge in [-0.15, -0.1) is 0 Å². The number of benzene rings is 1. The molecule has 1 aromatic heterocycles. The van der Waals surface area contributed by atoms with Crippen LogP contribution in [-0.4, -0.2) is 33.8 Å². The summed E-state index contributed by atoms with van der Waals surface area (Å²) in [6, 6.07) is 6.92. The lowest BCUT2D eigenvalue weighted by Crippen LogP contribution is -2.41. The molecule has 138 valence electrons. The van der Waals surface area contributed by atoms with E-state index in [1.54, 1.807) is 30.6 Å². The molecule has 0 bridgehead atoms. The third kappa shape index (κ3) is 5.31. The molecule has 6 heteroatoms. The number of carboxylic acid groups (broad SMARTS) is 1. The largest absolute Gasteiger partial charge is 0.480 e. The monoisotopic (exact) mass is 356 g/mol. The molecule has 0 spiro atoms. The molecule has 2 rings (SSSR count). The van der Waals surface area contributed by atoms with E-state index in [1.165, 1.54) is 12.1 Å². The first kappa shape index (κ1) is 19.4. The zero-order valence-electron chi connectivity index (χ0n) is 15.2. The standard InChI is InChI=1S/C20H24N2O4/c1-20(2,3)10-8-16(19(25)26)22-18(24)14-6-4-13(5-7-14)17(23)15-9-11-21-12-15/h4-7,9,11-12,16,21H,8,10H2,1-3H3,(H,22,24)(H,25,26). The van der Waals surface area contributed by atoms with Crippen molar-refractivity contribution in [3.05, 3.63) is 59.4 Å². The van der Waals surface area contributed by atoms with Crippen LogP contribution in [0.4, 0.5) is 0 Å². The lowest BCUT2D eigenvalue weighted by Gasteiger charge is -2.21. The van der Waals surface area contributed by atoms with E-state index in [4.69, 9.17) is 0 Å². The molecule has 0 radical (unpaired) electrons. The van der Waals surface area contributed by atoms with Crippen molar-refractivity contribution in [3.63, 3.8) is 0 Å². The van der Waals surface area contributed by atoms with Crippen LogP contribution in [0.25, 0.3) is 0 Å². The average molecular weight is 356 g/mol. The van der Waals surface area contributed by atoms with Gasteiger partial charge in [0.05, 0.1) is 0 Å². The molecule has 2 aromatic rings. The number of ketones is 1. The Hall–Kier alpha value is -2.89. The highest BCUT2D eigenvalue weighted by atomic mass is 16.4. The molecule has 1 heterocycles. The Morgan fingerprint density at radius 1 is 1.04 bits per heavy atom. The van der Waals surface area contributed by atoms with Gasteiger partial charge in [-0.2, -0.15) is 0 Å². The zero-order valence-corrected chi connectivity index (χ0v) is 15.2. The van der Waals surface area contributed by atoms with Crippen LogP contribution in [0.15, 0.2) is 42.7 Å². The zero-order chi connectivity index (χ0) is 19.3. The Balaban J connectivity index is 2.04. The van der Waals surface area contributed by atoms with Crippen LogP contribution in [0, 0.1) is 5.41 Å². The smallest absolute Gasteiger partial charge is 0.326 e. The summed E-state index contributed by atoms with van der Waals surface area (Å²) in [6.45, 7) is 6.07. The van der Waals surface area contributed by atoms with Crippen molar-refractivity contribution in [1.82, 2.24) is 10.3 Å². The summed E-state index contributed by atoms with van der Waals surface area (Å²) < 4.78 is 0. The van der Waals surface area contributed by atoms with Crippen LogP contribution in [0.2, 0.25) is 0 Å². The number of aliphatic carboxylic acids is 1. The van der Waals surface area contributed by atoms with Crippen molar-refractivity contribution in [1.29, 1.82) is 0 Å². The minimum Gasteiger partial charge on any atom is -0.480 e. The molecule has 1 amide bonds. The molecular formula is C20H24N2O4. The molecule has 0 saturated carbocycles. The quantitative estimate of drug-likeness (QED) is 0.663. The second-order valence-corrected chi connectivity index (χ2v) is 7.47. The molecule has 6 nitrogen and oxygen atoms in total. The minimum absolute atomic E-state index is 0.0152. The number of carbonyl (C=O) groups is 3. The van der Waals surface area contributed by atoms with Gasteiger partial charge in [-0.3, -0.25) is 9.59 Å². The van der Waals surface area contributed by atoms with Crippen LogP contribution in [0.3, 0.4) is 0 Å². The van der Waals surface area contributed by atoms with E-state index >= 15 is 0 Å². The summed E-state index contributed by atoms with van der Waals surface area (Å²) in [5.74, 6) is -1.67. The van der Waals surface area contributed by atoms with E-state index in [9.17, 15) is 19.5 Å². The fourth-order valence-electron chi connectivity index (χ4n) is 2.48. The Kier molecular flexibility index (Phi) is 5.97. The maximum atomic E-state index is 12.3. The molecule has 0 aliphatic carbocycles. The van der Waals surface area contributed by atoms with Crippen molar-refractivity contribution in [2.45, 2.75) is 39.7 Å². The Labute approximate surface area is 152 Å². The fraction of sp³-hybridized carbons (Fsp3) is 0.350. The molecular weight excluding hydrogens is 332 g/mol. The van der Waals surface area contributed by atoms with E-state index in [0.29, 0.717) is 29.5 Å². The highest BCUT2D eigenvalue weighted by Crippen LogP contribution is 2.22. The van der Waals surface area contributed by atoms with Gasteiger partial charge in [-0.1, -0.05) is 32.9 Å². The average Bonchev–Trinajstić information content (AvgIpc) is 3.11. The molecule has 1 unspecified atom stereocenters. The number of carboxylic acids is 1. The lowest BCUT2D eigenvalue weighted by molar-refractivity contribution is -0.139. The third-order valence-electron chi connectivity index (χ3n) is 4.06. The number of hydrogen-bond acceptors (Lipinski definition) is 3. The van der Waals surface area contributed by atoms with Gasteiger partial charge in [0, 0.05) is 29.1 Å². The van der Waals surface area contributed by atoms with Crippen LogP contribution in [-0.2, 0) is 4.79 Å². The summed E-state index contributed by atoms with van der Waals surface area (Å²) in [5.41, 5.74) is 1.30. The number of amides is 1. The number of nitrogens with one attached hydrogen (secondary N) is 2. The highest BCUT2D eigenvalue weighted by Gasteiger charge is 2.23. The number of carbonyl (C=O) groups excluding carboxylic acids is 2. The van der Waals surface area contributed by atoms with Gasteiger partial charge in [-0.05, 0) is 36.5 Å². The van der Waals surface area contributed by atoms with E-state index in [1.807, 2.05) is 20.8 Å². The topological polar surface area (TPSA) is 99.3 Å². The molecule has 1 aromatic carbocycles. The molecule has 3 N–H and O–H groups in total. The predicted molar refractivity (Wildman–Crippen MR) is 98.2 cm³/mol. The molecule has 0 saturated heterocycles. The van der Waals surface area contributed by atoms with Gasteiger partial charge in [-0.25, -0.2) is 4.79 Å². The fourth-order valence-corrected chi connectivity index (χ4v) is 2.48. The van der Waals surface area contributed by atoms with Crippen molar-refractivity contribution >= 4 is 17.7 Å². The summed E-state index contributed by atoms with van der Waals surface area (Å²) >= 11 is 0. The highest BCUT2D eigenvalue weighted by molar-refractivity contribution is 6.09. The number of rotatable bonds is 7. The first-order chi connectivity index (χ1) is 12.2. The molecule has 26 heavy (non-hydrogen) atoms. The second-order valence-electron chi connectivity index (χ2n) is 7.47. The Morgan fingerprint density at radius 3 is 2.15 bits per heavy atom. The van der Waals surface area contributed by atoms with Gasteiger partial charge in [0.2, 0.25) is 0 Å². The maximum Gasteiger partial charge on any atom is 0.326 e. The summed E-state index contributed by atoms with van der Waals surface area (Å²) in [4.78, 5) is 38.8. The summed E-state index contributed by atoms with van der Waals surface area (Å²) in [5, 5.41) is 11.9. The number of hydrogen-bond donors (Lipinski definition) is 3. The first-order valence-electron chi connectivity index (χ1n) is 8.48. The van der Waals surface area contributed by atoms with Gasteiger partial charge >= 0.3 is 5.97 Å². The maximum absolute atomic E-state index is 12.3. The predicted octanol–water partition coefficient (Wildman–Crippen LogP) is 3.26. The SMILES string of the molecule is CC(C)(C)CCC(NC(=O)c1ccc(C(=O)c2cc[nH]c2)cc1)C(=O)O. The first-order valence-corrected chi connectivity index (χ1v) is 8.48. The van der Waals surface area contributed by atoms with E-state index in [-0.39, 0.29) is 11.2 Å². The van der Waals surface area contributed by atoms with Gasteiger partial charge in [0.15, 0.2) is 5.78 Å². The van der Waals surface area contributed by atoms with Crippen molar-refractivity contribution in [2.75, 3.05) is 0 Å². The number of aromatic amines is 1. The minimum atomic E-state index is -1.05. The van der Waals surface area contributed by atoms with E-state index < -0.39 is 17.9 Å².